The second-order valence-electron chi connectivity index (χ2n) is 8.03. The van der Waals surface area contributed by atoms with Gasteiger partial charge in [-0.05, 0) is 48.9 Å². The number of carbonyl (C=O) groups excluding carboxylic acids is 2. The smallest absolute Gasteiger partial charge is 0.160 e. The van der Waals surface area contributed by atoms with E-state index in [1.165, 1.54) is 24.7 Å². The summed E-state index contributed by atoms with van der Waals surface area (Å²) in [4.78, 5) is 25.3. The highest BCUT2D eigenvalue weighted by molar-refractivity contribution is 6.10. The average Bonchev–Trinajstić information content (AvgIpc) is 2.84. The fourth-order valence-corrected chi connectivity index (χ4v) is 4.24. The molecule has 5 rings (SSSR count). The molecule has 0 N–H and O–H groups in total. The number of hydrogen-bond donors (Lipinski definition) is 0. The summed E-state index contributed by atoms with van der Waals surface area (Å²) in [5.41, 5.74) is 2.57. The third kappa shape index (κ3) is 5.15. The van der Waals surface area contributed by atoms with Gasteiger partial charge in [-0.15, -0.1) is 0 Å². The van der Waals surface area contributed by atoms with E-state index in [1.807, 2.05) is 24.3 Å². The number of nitrogens with zero attached hydrogens (tertiary/aromatic N) is 1. The molecule has 4 aromatic carbocycles. The van der Waals surface area contributed by atoms with Crippen molar-refractivity contribution in [3.8, 4) is 0 Å². The predicted octanol–water partition coefficient (Wildman–Crippen LogP) is 6.70. The minimum atomic E-state index is -0.286. The highest BCUT2D eigenvalue weighted by Gasteiger charge is 2.16. The van der Waals surface area contributed by atoms with Gasteiger partial charge in [-0.3, -0.25) is 9.59 Å². The van der Waals surface area contributed by atoms with Crippen LogP contribution in [0, 0.1) is 5.82 Å². The normalized spacial score (nSPS) is 13.1. The molecule has 0 aliphatic carbocycles. The minimum absolute atomic E-state index is 0. The van der Waals surface area contributed by atoms with Gasteiger partial charge in [0.2, 0.25) is 0 Å². The van der Waals surface area contributed by atoms with Crippen LogP contribution in [0.3, 0.4) is 0 Å². The number of benzene rings is 4. The second kappa shape index (κ2) is 11.0. The van der Waals surface area contributed by atoms with Gasteiger partial charge in [0.05, 0.1) is 13.2 Å². The molecule has 4 nitrogen and oxygen atoms in total. The first-order valence-electron chi connectivity index (χ1n) is 11.0. The average molecular weight is 460 g/mol. The van der Waals surface area contributed by atoms with Gasteiger partial charge >= 0.3 is 0 Å². The molecule has 176 valence electrons. The lowest BCUT2D eigenvalue weighted by molar-refractivity contribution is 0.101. The van der Waals surface area contributed by atoms with Crippen molar-refractivity contribution in [3.05, 3.63) is 89.7 Å². The highest BCUT2D eigenvalue weighted by Crippen LogP contribution is 2.30. The number of halogens is 1. The van der Waals surface area contributed by atoms with Gasteiger partial charge in [0, 0.05) is 40.7 Å². The van der Waals surface area contributed by atoms with Crippen molar-refractivity contribution in [3.63, 3.8) is 0 Å². The van der Waals surface area contributed by atoms with Crippen molar-refractivity contribution in [2.75, 3.05) is 31.2 Å². The summed E-state index contributed by atoms with van der Waals surface area (Å²) < 4.78 is 18.7. The molecule has 34 heavy (non-hydrogen) atoms. The van der Waals surface area contributed by atoms with Crippen LogP contribution in [0.1, 0.15) is 42.0 Å². The molecule has 0 bridgehead atoms. The third-order valence-corrected chi connectivity index (χ3v) is 5.88. The number of morpholine rings is 1. The van der Waals surface area contributed by atoms with Crippen LogP contribution >= 0.6 is 0 Å². The first-order valence-corrected chi connectivity index (χ1v) is 11.0. The van der Waals surface area contributed by atoms with Crippen LogP contribution in [0.15, 0.2) is 72.8 Å². The number of anilines is 1. The van der Waals surface area contributed by atoms with E-state index in [0.29, 0.717) is 16.3 Å². The van der Waals surface area contributed by atoms with E-state index in [9.17, 15) is 14.0 Å². The van der Waals surface area contributed by atoms with E-state index in [0.717, 1.165) is 42.6 Å². The number of carbonyl (C=O) groups is 2. The molecule has 0 radical (unpaired) electrons. The van der Waals surface area contributed by atoms with Crippen LogP contribution < -0.4 is 4.90 Å². The maximum atomic E-state index is 13.3. The highest BCUT2D eigenvalue weighted by atomic mass is 19.1. The van der Waals surface area contributed by atoms with E-state index in [-0.39, 0.29) is 24.8 Å². The van der Waals surface area contributed by atoms with Crippen LogP contribution in [-0.4, -0.2) is 37.9 Å². The summed E-state index contributed by atoms with van der Waals surface area (Å²) in [5, 5.41) is 3.37. The van der Waals surface area contributed by atoms with Gasteiger partial charge in [-0.25, -0.2) is 4.39 Å². The van der Waals surface area contributed by atoms with Gasteiger partial charge in [0.15, 0.2) is 11.6 Å². The van der Waals surface area contributed by atoms with Crippen LogP contribution in [0.2, 0.25) is 0 Å². The summed E-state index contributed by atoms with van der Waals surface area (Å²) in [6, 6.07) is 22.0. The first-order chi connectivity index (χ1) is 16.0. The Balaban J connectivity index is 0.000000193. The lowest BCUT2D eigenvalue weighted by Crippen LogP contribution is -2.36. The molecule has 0 saturated carbocycles. The molecule has 0 atom stereocenters. The Bertz CT molecular complexity index is 1330. The Morgan fingerprint density at radius 3 is 1.74 bits per heavy atom. The summed E-state index contributed by atoms with van der Waals surface area (Å²) in [6.07, 6.45) is 0. The molecule has 0 amide bonds. The van der Waals surface area contributed by atoms with Crippen molar-refractivity contribution in [2.45, 2.75) is 21.3 Å². The van der Waals surface area contributed by atoms with Gasteiger partial charge in [-0.1, -0.05) is 56.0 Å². The number of fused-ring (bicyclic) bond motifs is 2. The maximum Gasteiger partial charge on any atom is 0.160 e. The molecule has 1 heterocycles. The molecule has 1 saturated heterocycles. The van der Waals surface area contributed by atoms with E-state index in [1.54, 1.807) is 31.2 Å². The zero-order valence-corrected chi connectivity index (χ0v) is 18.8. The molecule has 1 fully saturated rings. The third-order valence-electron chi connectivity index (χ3n) is 5.88. The predicted molar refractivity (Wildman–Crippen MR) is 138 cm³/mol. The van der Waals surface area contributed by atoms with Crippen LogP contribution in [0.4, 0.5) is 10.1 Å². The van der Waals surface area contributed by atoms with Crippen molar-refractivity contribution in [2.24, 2.45) is 0 Å². The topological polar surface area (TPSA) is 46.6 Å². The molecule has 1 aliphatic rings. The van der Waals surface area contributed by atoms with Crippen molar-refractivity contribution in [1.82, 2.24) is 0 Å². The fraction of sp³-hybridized carbons (Fsp3) is 0.241. The van der Waals surface area contributed by atoms with Crippen LogP contribution in [0.25, 0.3) is 21.5 Å². The summed E-state index contributed by atoms with van der Waals surface area (Å²) in [5.74, 6) is -0.212. The van der Waals surface area contributed by atoms with Gasteiger partial charge in [-0.2, -0.15) is 0 Å². The molecule has 1 aliphatic heterocycles. The zero-order chi connectivity index (χ0) is 23.4. The molecule has 4 aromatic rings. The number of hydrogen-bond acceptors (Lipinski definition) is 4. The fourth-order valence-electron chi connectivity index (χ4n) is 4.24. The monoisotopic (exact) mass is 459 g/mol. The standard InChI is InChI=1S/C16H17NO2.C12H9FO.CH4/c1-12(18)13-6-7-16(17-8-10-19-11-9-17)15-5-3-2-4-14(13)15;1-8(14)9-6-7-12(13)11-5-3-2-4-10(9)11;/h2-7H,8-11H2,1H3;2-7H,1H3;1H4. The summed E-state index contributed by atoms with van der Waals surface area (Å²) in [7, 11) is 0. The Morgan fingerprint density at radius 2 is 1.18 bits per heavy atom. The first kappa shape index (κ1) is 25.1. The molecular weight excluding hydrogens is 429 g/mol. The lowest BCUT2D eigenvalue weighted by Gasteiger charge is -2.30. The summed E-state index contributed by atoms with van der Waals surface area (Å²) in [6.45, 7) is 6.45. The number of Topliss-reactive ketones (excluding diaryl/α,β-unsaturated/α-hetero) is 2. The van der Waals surface area contributed by atoms with Crippen molar-refractivity contribution >= 4 is 38.8 Å². The summed E-state index contributed by atoms with van der Waals surface area (Å²) >= 11 is 0. The number of ketones is 2. The van der Waals surface area contributed by atoms with Gasteiger partial charge < -0.3 is 9.64 Å². The lowest BCUT2D eigenvalue weighted by atomic mass is 10.00. The van der Waals surface area contributed by atoms with Crippen LogP contribution in [-0.2, 0) is 4.74 Å². The molecule has 0 spiro atoms. The maximum absolute atomic E-state index is 13.3. The van der Waals surface area contributed by atoms with Crippen molar-refractivity contribution in [1.29, 1.82) is 0 Å². The molecule has 0 aromatic heterocycles. The Kier molecular flexibility index (Phi) is 8.13. The van der Waals surface area contributed by atoms with E-state index < -0.39 is 0 Å². The van der Waals surface area contributed by atoms with Crippen molar-refractivity contribution < 1.29 is 18.7 Å². The van der Waals surface area contributed by atoms with E-state index >= 15 is 0 Å². The minimum Gasteiger partial charge on any atom is -0.378 e. The van der Waals surface area contributed by atoms with E-state index in [4.69, 9.17) is 4.74 Å². The van der Waals surface area contributed by atoms with E-state index in [2.05, 4.69) is 17.0 Å². The SMILES string of the molecule is C.CC(=O)c1ccc(F)c2ccccc12.CC(=O)c1ccc(N2CCOCC2)c2ccccc12. The quantitative estimate of drug-likeness (QED) is 0.320. The number of ether oxygens (including phenoxy) is 1. The molecule has 5 heteroatoms. The van der Waals surface area contributed by atoms with Crippen LogP contribution in [0.5, 0.6) is 0 Å². The largest absolute Gasteiger partial charge is 0.378 e. The Labute approximate surface area is 200 Å². The molecular formula is C29H30FNO3. The zero-order valence-electron chi connectivity index (χ0n) is 18.8. The Hall–Kier alpha value is -3.57. The Morgan fingerprint density at radius 1 is 0.706 bits per heavy atom. The van der Waals surface area contributed by atoms with Gasteiger partial charge in [0.25, 0.3) is 0 Å². The molecule has 0 unspecified atom stereocenters. The number of rotatable bonds is 3. The second-order valence-corrected chi connectivity index (χ2v) is 8.03. The van der Waals surface area contributed by atoms with Gasteiger partial charge in [0.1, 0.15) is 5.82 Å².